The van der Waals surface area contributed by atoms with E-state index in [4.69, 9.17) is 10.8 Å². The molecule has 0 spiro atoms. The highest BCUT2D eigenvalue weighted by atomic mass is 16.3. The van der Waals surface area contributed by atoms with Crippen molar-refractivity contribution in [3.63, 3.8) is 0 Å². The smallest absolute Gasteiger partial charge is 0.226 e. The van der Waals surface area contributed by atoms with Crippen molar-refractivity contribution in [3.05, 3.63) is 0 Å². The zero-order valence-electron chi connectivity index (χ0n) is 9.36. The first kappa shape index (κ1) is 13.4. The standard InChI is InChI=1S/C10H22N2O2/c1-8(2)12(5-4-6-13)10(14)9(3)7-11/h8-9,13H,4-7,11H2,1-3H3. The molecule has 14 heavy (non-hydrogen) atoms. The molecule has 0 aromatic rings. The number of rotatable bonds is 6. The summed E-state index contributed by atoms with van der Waals surface area (Å²) < 4.78 is 0. The molecule has 0 fully saturated rings. The van der Waals surface area contributed by atoms with Crippen LogP contribution in [0.15, 0.2) is 0 Å². The van der Waals surface area contributed by atoms with Crippen molar-refractivity contribution in [1.82, 2.24) is 4.90 Å². The molecule has 0 bridgehead atoms. The summed E-state index contributed by atoms with van der Waals surface area (Å²) >= 11 is 0. The highest BCUT2D eigenvalue weighted by molar-refractivity contribution is 5.78. The van der Waals surface area contributed by atoms with Crippen molar-refractivity contribution in [3.8, 4) is 0 Å². The summed E-state index contributed by atoms with van der Waals surface area (Å²) in [5.41, 5.74) is 5.44. The topological polar surface area (TPSA) is 66.6 Å². The van der Waals surface area contributed by atoms with E-state index in [1.807, 2.05) is 20.8 Å². The Morgan fingerprint density at radius 2 is 2.00 bits per heavy atom. The molecule has 1 unspecified atom stereocenters. The molecular formula is C10H22N2O2. The van der Waals surface area contributed by atoms with Gasteiger partial charge in [-0.25, -0.2) is 0 Å². The number of hydrogen-bond acceptors (Lipinski definition) is 3. The Bertz CT molecular complexity index is 172. The van der Waals surface area contributed by atoms with E-state index < -0.39 is 0 Å². The first-order valence-corrected chi connectivity index (χ1v) is 5.16. The van der Waals surface area contributed by atoms with Crippen molar-refractivity contribution in [2.24, 2.45) is 11.7 Å². The molecule has 0 aliphatic rings. The quantitative estimate of drug-likeness (QED) is 0.646. The van der Waals surface area contributed by atoms with Crippen LogP contribution in [0.1, 0.15) is 27.2 Å². The highest BCUT2D eigenvalue weighted by Crippen LogP contribution is 2.06. The maximum absolute atomic E-state index is 11.8. The third-order valence-corrected chi connectivity index (χ3v) is 2.24. The van der Waals surface area contributed by atoms with E-state index in [1.165, 1.54) is 0 Å². The molecule has 84 valence electrons. The molecule has 1 amide bonds. The SMILES string of the molecule is CC(CN)C(=O)N(CCCO)C(C)C. The third-order valence-electron chi connectivity index (χ3n) is 2.24. The second-order valence-corrected chi connectivity index (χ2v) is 3.84. The predicted octanol–water partition coefficient (Wildman–Crippen LogP) is 0.201. The summed E-state index contributed by atoms with van der Waals surface area (Å²) in [6.07, 6.45) is 0.626. The average Bonchev–Trinajstić information content (AvgIpc) is 2.16. The predicted molar refractivity (Wildman–Crippen MR) is 56.8 cm³/mol. The van der Waals surface area contributed by atoms with Crippen LogP contribution in [0.4, 0.5) is 0 Å². The molecule has 0 saturated carbocycles. The fourth-order valence-corrected chi connectivity index (χ4v) is 1.25. The molecule has 4 heteroatoms. The monoisotopic (exact) mass is 202 g/mol. The largest absolute Gasteiger partial charge is 0.396 e. The molecule has 0 aromatic heterocycles. The van der Waals surface area contributed by atoms with E-state index in [0.717, 1.165) is 0 Å². The summed E-state index contributed by atoms with van der Waals surface area (Å²) in [4.78, 5) is 13.6. The molecule has 4 nitrogen and oxygen atoms in total. The number of hydrogen-bond donors (Lipinski definition) is 2. The Labute approximate surface area is 86.1 Å². The van der Waals surface area contributed by atoms with Gasteiger partial charge in [-0.05, 0) is 20.3 Å². The third kappa shape index (κ3) is 4.07. The first-order chi connectivity index (χ1) is 6.54. The van der Waals surface area contributed by atoms with E-state index >= 15 is 0 Å². The molecule has 0 aliphatic heterocycles. The van der Waals surface area contributed by atoms with E-state index in [2.05, 4.69) is 0 Å². The number of amides is 1. The molecule has 0 heterocycles. The Kier molecular flexibility index (Phi) is 6.49. The fraction of sp³-hybridized carbons (Fsp3) is 0.900. The van der Waals surface area contributed by atoms with Crippen molar-refractivity contribution in [2.45, 2.75) is 33.2 Å². The molecule has 1 atom stereocenters. The van der Waals surface area contributed by atoms with Crippen LogP contribution >= 0.6 is 0 Å². The van der Waals surface area contributed by atoms with Gasteiger partial charge in [-0.15, -0.1) is 0 Å². The first-order valence-electron chi connectivity index (χ1n) is 5.16. The highest BCUT2D eigenvalue weighted by Gasteiger charge is 2.20. The Morgan fingerprint density at radius 3 is 2.36 bits per heavy atom. The van der Waals surface area contributed by atoms with E-state index in [-0.39, 0.29) is 24.5 Å². The Morgan fingerprint density at radius 1 is 1.43 bits per heavy atom. The van der Waals surface area contributed by atoms with Crippen molar-refractivity contribution in [2.75, 3.05) is 19.7 Å². The molecule has 3 N–H and O–H groups in total. The molecule has 0 saturated heterocycles. The van der Waals surface area contributed by atoms with Crippen molar-refractivity contribution < 1.29 is 9.90 Å². The Hall–Kier alpha value is -0.610. The van der Waals surface area contributed by atoms with Crippen LogP contribution in [0.2, 0.25) is 0 Å². The molecule has 0 aromatic carbocycles. The van der Waals surface area contributed by atoms with Crippen LogP contribution in [0, 0.1) is 5.92 Å². The zero-order valence-corrected chi connectivity index (χ0v) is 9.36. The molecule has 0 rings (SSSR count). The van der Waals surface area contributed by atoms with Crippen LogP contribution in [0.25, 0.3) is 0 Å². The maximum atomic E-state index is 11.8. The normalized spacial score (nSPS) is 13.0. The average molecular weight is 202 g/mol. The minimum atomic E-state index is -0.129. The lowest BCUT2D eigenvalue weighted by atomic mass is 10.1. The second-order valence-electron chi connectivity index (χ2n) is 3.84. The van der Waals surface area contributed by atoms with Crippen LogP contribution in [0.5, 0.6) is 0 Å². The number of aliphatic hydroxyl groups is 1. The number of carbonyl (C=O) groups is 1. The number of carbonyl (C=O) groups excluding carboxylic acids is 1. The lowest BCUT2D eigenvalue weighted by Gasteiger charge is -2.28. The van der Waals surface area contributed by atoms with E-state index in [9.17, 15) is 4.79 Å². The summed E-state index contributed by atoms with van der Waals surface area (Å²) in [6, 6.07) is 0.169. The van der Waals surface area contributed by atoms with Gasteiger partial charge in [-0.1, -0.05) is 6.92 Å². The van der Waals surface area contributed by atoms with Gasteiger partial charge in [0.1, 0.15) is 0 Å². The Balaban J connectivity index is 4.25. The van der Waals surface area contributed by atoms with Crippen molar-refractivity contribution in [1.29, 1.82) is 0 Å². The van der Waals surface area contributed by atoms with Crippen LogP contribution in [-0.2, 0) is 4.79 Å². The number of nitrogens with two attached hydrogens (primary N) is 1. The number of nitrogens with zero attached hydrogens (tertiary/aromatic N) is 1. The van der Waals surface area contributed by atoms with Gasteiger partial charge in [-0.2, -0.15) is 0 Å². The van der Waals surface area contributed by atoms with Gasteiger partial charge in [0.05, 0.1) is 0 Å². The number of aliphatic hydroxyl groups excluding tert-OH is 1. The minimum absolute atomic E-state index is 0.0796. The van der Waals surface area contributed by atoms with Gasteiger partial charge in [0, 0.05) is 31.7 Å². The van der Waals surface area contributed by atoms with Crippen LogP contribution < -0.4 is 5.73 Å². The van der Waals surface area contributed by atoms with Gasteiger partial charge in [0.2, 0.25) is 5.91 Å². The van der Waals surface area contributed by atoms with Gasteiger partial charge in [-0.3, -0.25) is 4.79 Å². The zero-order chi connectivity index (χ0) is 11.1. The van der Waals surface area contributed by atoms with Crippen LogP contribution in [-0.4, -0.2) is 41.7 Å². The lowest BCUT2D eigenvalue weighted by molar-refractivity contribution is -0.136. The van der Waals surface area contributed by atoms with Crippen molar-refractivity contribution >= 4 is 5.91 Å². The maximum Gasteiger partial charge on any atom is 0.226 e. The van der Waals surface area contributed by atoms with Gasteiger partial charge >= 0.3 is 0 Å². The fourth-order valence-electron chi connectivity index (χ4n) is 1.25. The molecular weight excluding hydrogens is 180 g/mol. The van der Waals surface area contributed by atoms with Gasteiger partial charge < -0.3 is 15.7 Å². The van der Waals surface area contributed by atoms with Gasteiger partial charge in [0.25, 0.3) is 0 Å². The molecule has 0 radical (unpaired) electrons. The van der Waals surface area contributed by atoms with Gasteiger partial charge in [0.15, 0.2) is 0 Å². The summed E-state index contributed by atoms with van der Waals surface area (Å²) in [5.74, 6) is -0.0490. The van der Waals surface area contributed by atoms with Crippen LogP contribution in [0.3, 0.4) is 0 Å². The summed E-state index contributed by atoms with van der Waals surface area (Å²) in [5, 5.41) is 8.71. The summed E-state index contributed by atoms with van der Waals surface area (Å²) in [7, 11) is 0. The summed E-state index contributed by atoms with van der Waals surface area (Å²) in [6.45, 7) is 6.87. The molecule has 0 aliphatic carbocycles. The minimum Gasteiger partial charge on any atom is -0.396 e. The lowest BCUT2D eigenvalue weighted by Crippen LogP contribution is -2.42. The van der Waals surface area contributed by atoms with E-state index in [1.54, 1.807) is 4.90 Å². The second kappa shape index (κ2) is 6.79. The van der Waals surface area contributed by atoms with E-state index in [0.29, 0.717) is 19.5 Å².